The molecule has 1 aliphatic rings. The van der Waals surface area contributed by atoms with Crippen molar-refractivity contribution in [2.45, 2.75) is 51.1 Å². The van der Waals surface area contributed by atoms with Crippen molar-refractivity contribution in [3.8, 4) is 5.75 Å². The maximum Gasteiger partial charge on any atom is 0.189 e. The zero-order chi connectivity index (χ0) is 13.5. The summed E-state index contributed by atoms with van der Waals surface area (Å²) in [7, 11) is 0. The van der Waals surface area contributed by atoms with Gasteiger partial charge >= 0.3 is 0 Å². The number of aliphatic imine (C=N–C) groups is 1. The van der Waals surface area contributed by atoms with Crippen LogP contribution in [0.4, 0.5) is 0 Å². The Morgan fingerprint density at radius 3 is 2.79 bits per heavy atom. The monoisotopic (exact) mass is 262 g/mol. The second-order valence-electron chi connectivity index (χ2n) is 5.00. The summed E-state index contributed by atoms with van der Waals surface area (Å²) in [5, 5.41) is 12.9. The molecule has 0 bridgehead atoms. The number of pyridine rings is 1. The minimum Gasteiger partial charge on any atom is -0.506 e. The molecule has 1 saturated carbocycles. The summed E-state index contributed by atoms with van der Waals surface area (Å²) in [5.41, 5.74) is 6.43. The van der Waals surface area contributed by atoms with Crippen molar-refractivity contribution < 1.29 is 5.11 Å². The van der Waals surface area contributed by atoms with Gasteiger partial charge in [0.05, 0.1) is 6.54 Å². The Balaban J connectivity index is 1.86. The van der Waals surface area contributed by atoms with Crippen molar-refractivity contribution in [3.05, 3.63) is 24.0 Å². The number of hydrogen-bond donors (Lipinski definition) is 3. The third-order valence-electron chi connectivity index (χ3n) is 3.47. The Kier molecular flexibility index (Phi) is 5.01. The van der Waals surface area contributed by atoms with E-state index in [1.54, 1.807) is 18.3 Å². The summed E-state index contributed by atoms with van der Waals surface area (Å²) in [4.78, 5) is 8.31. The number of aromatic hydroxyl groups is 1. The minimum atomic E-state index is 0.161. The topological polar surface area (TPSA) is 83.5 Å². The zero-order valence-electron chi connectivity index (χ0n) is 11.2. The van der Waals surface area contributed by atoms with Crippen LogP contribution in [0.3, 0.4) is 0 Å². The molecule has 5 nitrogen and oxygen atoms in total. The van der Waals surface area contributed by atoms with Crippen molar-refractivity contribution in [3.63, 3.8) is 0 Å². The van der Waals surface area contributed by atoms with Crippen LogP contribution in [0.2, 0.25) is 0 Å². The molecule has 1 aromatic heterocycles. The van der Waals surface area contributed by atoms with E-state index >= 15 is 0 Å². The molecule has 2 rings (SSSR count). The van der Waals surface area contributed by atoms with Gasteiger partial charge in [-0.1, -0.05) is 25.7 Å². The first kappa shape index (κ1) is 13.6. The van der Waals surface area contributed by atoms with Crippen LogP contribution in [0, 0.1) is 0 Å². The maximum atomic E-state index is 9.59. The van der Waals surface area contributed by atoms with Gasteiger partial charge < -0.3 is 16.2 Å². The molecule has 0 aromatic carbocycles. The maximum absolute atomic E-state index is 9.59. The smallest absolute Gasteiger partial charge is 0.189 e. The molecule has 4 N–H and O–H groups in total. The highest BCUT2D eigenvalue weighted by molar-refractivity contribution is 5.78. The summed E-state index contributed by atoms with van der Waals surface area (Å²) < 4.78 is 0. The molecular weight excluding hydrogens is 240 g/mol. The number of nitrogens with zero attached hydrogens (tertiary/aromatic N) is 2. The van der Waals surface area contributed by atoms with Crippen molar-refractivity contribution in [2.75, 3.05) is 0 Å². The van der Waals surface area contributed by atoms with Crippen LogP contribution in [0.25, 0.3) is 0 Å². The molecule has 0 amide bonds. The van der Waals surface area contributed by atoms with Gasteiger partial charge in [-0.2, -0.15) is 0 Å². The molecule has 19 heavy (non-hydrogen) atoms. The van der Waals surface area contributed by atoms with Gasteiger partial charge in [0.2, 0.25) is 0 Å². The Bertz CT molecular complexity index is 425. The fraction of sp³-hybridized carbons (Fsp3) is 0.571. The lowest BCUT2D eigenvalue weighted by Crippen LogP contribution is -2.39. The summed E-state index contributed by atoms with van der Waals surface area (Å²) in [6.45, 7) is 0.304. The molecule has 5 heteroatoms. The van der Waals surface area contributed by atoms with Crippen molar-refractivity contribution >= 4 is 5.96 Å². The van der Waals surface area contributed by atoms with E-state index < -0.39 is 0 Å². The molecular formula is C14H22N4O. The average molecular weight is 262 g/mol. The summed E-state index contributed by atoms with van der Waals surface area (Å²) >= 11 is 0. The lowest BCUT2D eigenvalue weighted by Gasteiger charge is -2.16. The van der Waals surface area contributed by atoms with Gasteiger partial charge in [0.15, 0.2) is 5.96 Å². The van der Waals surface area contributed by atoms with Crippen molar-refractivity contribution in [1.82, 2.24) is 10.3 Å². The molecule has 0 aliphatic heterocycles. The Labute approximate surface area is 114 Å². The van der Waals surface area contributed by atoms with Gasteiger partial charge in [0, 0.05) is 12.2 Å². The highest BCUT2D eigenvalue weighted by atomic mass is 16.3. The Hall–Kier alpha value is -1.78. The predicted octanol–water partition coefficient (Wildman–Crippen LogP) is 1.91. The lowest BCUT2D eigenvalue weighted by molar-refractivity contribution is 0.464. The van der Waals surface area contributed by atoms with E-state index in [-0.39, 0.29) is 5.75 Å². The first-order chi connectivity index (χ1) is 9.25. The van der Waals surface area contributed by atoms with Crippen LogP contribution in [-0.2, 0) is 6.54 Å². The largest absolute Gasteiger partial charge is 0.506 e. The van der Waals surface area contributed by atoms with Gasteiger partial charge in [0.1, 0.15) is 11.4 Å². The van der Waals surface area contributed by atoms with E-state index in [1.165, 1.54) is 25.7 Å². The number of guanidine groups is 1. The standard InChI is InChI=1S/C14H22N4O/c15-14(18-11-6-3-1-2-4-7-11)17-10-12-13(19)8-5-9-16-12/h5,8-9,11,19H,1-4,6-7,10H2,(H3,15,17,18). The van der Waals surface area contributed by atoms with Crippen LogP contribution in [-0.4, -0.2) is 22.1 Å². The highest BCUT2D eigenvalue weighted by Gasteiger charge is 2.12. The van der Waals surface area contributed by atoms with Crippen LogP contribution in [0.1, 0.15) is 44.2 Å². The normalized spacial score (nSPS) is 18.0. The Morgan fingerprint density at radius 1 is 1.37 bits per heavy atom. The number of rotatable bonds is 3. The number of nitrogens with two attached hydrogens (primary N) is 1. The Morgan fingerprint density at radius 2 is 2.11 bits per heavy atom. The molecule has 0 radical (unpaired) electrons. The fourth-order valence-corrected chi connectivity index (χ4v) is 2.39. The fourth-order valence-electron chi connectivity index (χ4n) is 2.39. The molecule has 1 fully saturated rings. The second-order valence-corrected chi connectivity index (χ2v) is 5.00. The number of hydrogen-bond acceptors (Lipinski definition) is 3. The third kappa shape index (κ3) is 4.43. The van der Waals surface area contributed by atoms with Crippen LogP contribution in [0.15, 0.2) is 23.3 Å². The summed E-state index contributed by atoms with van der Waals surface area (Å²) in [6.07, 6.45) is 9.10. The quantitative estimate of drug-likeness (QED) is 0.441. The van der Waals surface area contributed by atoms with Gasteiger partial charge in [0.25, 0.3) is 0 Å². The van der Waals surface area contributed by atoms with Gasteiger partial charge in [-0.15, -0.1) is 0 Å². The first-order valence-electron chi connectivity index (χ1n) is 6.95. The lowest BCUT2D eigenvalue weighted by atomic mass is 10.1. The van der Waals surface area contributed by atoms with Crippen LogP contribution >= 0.6 is 0 Å². The highest BCUT2D eigenvalue weighted by Crippen LogP contribution is 2.17. The summed E-state index contributed by atoms with van der Waals surface area (Å²) in [6, 6.07) is 3.73. The van der Waals surface area contributed by atoms with Crippen LogP contribution in [0.5, 0.6) is 5.75 Å². The summed E-state index contributed by atoms with van der Waals surface area (Å²) in [5.74, 6) is 0.602. The number of aromatic nitrogens is 1. The van der Waals surface area contributed by atoms with Crippen molar-refractivity contribution in [1.29, 1.82) is 0 Å². The molecule has 0 saturated heterocycles. The average Bonchev–Trinajstić information content (AvgIpc) is 2.66. The van der Waals surface area contributed by atoms with Gasteiger partial charge in [-0.3, -0.25) is 4.98 Å². The predicted molar refractivity (Wildman–Crippen MR) is 75.9 cm³/mol. The molecule has 1 heterocycles. The second kappa shape index (κ2) is 6.97. The minimum absolute atomic E-state index is 0.161. The van der Waals surface area contributed by atoms with E-state index in [9.17, 15) is 5.11 Å². The van der Waals surface area contributed by atoms with Gasteiger partial charge in [-0.05, 0) is 25.0 Å². The van der Waals surface area contributed by atoms with E-state index in [0.717, 1.165) is 12.8 Å². The molecule has 1 aliphatic carbocycles. The van der Waals surface area contributed by atoms with Gasteiger partial charge in [-0.25, -0.2) is 4.99 Å². The third-order valence-corrected chi connectivity index (χ3v) is 3.47. The van der Waals surface area contributed by atoms with Crippen molar-refractivity contribution in [2.24, 2.45) is 10.7 Å². The van der Waals surface area contributed by atoms with E-state index in [0.29, 0.717) is 24.2 Å². The number of nitrogens with one attached hydrogen (secondary N) is 1. The molecule has 0 atom stereocenters. The SMILES string of the molecule is NC(=NCc1ncccc1O)NC1CCCCCC1. The molecule has 104 valence electrons. The van der Waals surface area contributed by atoms with E-state index in [4.69, 9.17) is 5.73 Å². The molecule has 0 unspecified atom stereocenters. The van der Waals surface area contributed by atoms with Crippen LogP contribution < -0.4 is 11.1 Å². The molecule has 0 spiro atoms. The van der Waals surface area contributed by atoms with E-state index in [2.05, 4.69) is 15.3 Å². The molecule has 1 aromatic rings. The van der Waals surface area contributed by atoms with E-state index in [1.807, 2.05) is 0 Å². The zero-order valence-corrected chi connectivity index (χ0v) is 11.2. The first-order valence-corrected chi connectivity index (χ1v) is 6.95.